The Morgan fingerprint density at radius 3 is 2.33 bits per heavy atom. The van der Waals surface area contributed by atoms with Gasteiger partial charge in [0, 0.05) is 51.4 Å². The van der Waals surface area contributed by atoms with Gasteiger partial charge < -0.3 is 15.4 Å². The fourth-order valence-corrected chi connectivity index (χ4v) is 1.50. The quantitative estimate of drug-likeness (QED) is 0.473. The average molecular weight is 341 g/mol. The number of nitrogens with one attached hydrogen (secondary N) is 2. The predicted molar refractivity (Wildman–Crippen MR) is 74.9 cm³/mol. The van der Waals surface area contributed by atoms with Crippen LogP contribution in [-0.4, -0.2) is 88.8 Å². The summed E-state index contributed by atoms with van der Waals surface area (Å²) < 4.78 is 33.9. The molecule has 0 bridgehead atoms. The van der Waals surface area contributed by atoms with Gasteiger partial charge in [0.1, 0.15) is 19.0 Å². The molecular weight excluding hydrogens is 327 g/mol. The summed E-state index contributed by atoms with van der Waals surface area (Å²) in [7, 11) is -4.28. The molecule has 0 saturated carbocycles. The van der Waals surface area contributed by atoms with E-state index in [1.165, 1.54) is 0 Å². The number of hydrogen-bond donors (Lipinski definition) is 3. The zero-order valence-electron chi connectivity index (χ0n) is 11.4. The minimum atomic E-state index is -4.28. The van der Waals surface area contributed by atoms with E-state index in [1.807, 2.05) is 11.4 Å². The second-order valence-corrected chi connectivity index (χ2v) is 5.19. The van der Waals surface area contributed by atoms with Crippen LogP contribution in [0.2, 0.25) is 0 Å². The van der Waals surface area contributed by atoms with Crippen molar-refractivity contribution in [3.8, 4) is 0 Å². The van der Waals surface area contributed by atoms with Gasteiger partial charge in [-0.1, -0.05) is 30.3 Å². The molecule has 0 atom stereocenters. The summed E-state index contributed by atoms with van der Waals surface area (Å²) in [6.07, 6.45) is -0.809. The van der Waals surface area contributed by atoms with Gasteiger partial charge in [-0.3, -0.25) is 9.35 Å². The van der Waals surface area contributed by atoms with Gasteiger partial charge in [-0.05, 0) is 5.56 Å². The Balaban J connectivity index is 0.00000400. The van der Waals surface area contributed by atoms with Crippen molar-refractivity contribution < 1.29 is 27.3 Å². The van der Waals surface area contributed by atoms with E-state index in [1.54, 1.807) is 24.3 Å². The fraction of sp³-hybridized carbons (Fsp3) is 0.273. The van der Waals surface area contributed by atoms with Crippen LogP contribution < -0.4 is 10.6 Å². The number of hydrogen-bond acceptors (Lipinski definition) is 5. The molecule has 0 aliphatic carbocycles. The molecule has 0 aliphatic rings. The number of carbonyl (C=O) groups excluding carboxylic acids is 2. The monoisotopic (exact) mass is 341 g/mol. The van der Waals surface area contributed by atoms with E-state index in [2.05, 4.69) is 5.32 Å². The van der Waals surface area contributed by atoms with Gasteiger partial charge in [-0.2, -0.15) is 8.42 Å². The van der Waals surface area contributed by atoms with Gasteiger partial charge in [0.25, 0.3) is 10.1 Å². The summed E-state index contributed by atoms with van der Waals surface area (Å²) in [6, 6.07) is 8.94. The van der Waals surface area contributed by atoms with Crippen LogP contribution in [0.25, 0.3) is 0 Å². The summed E-state index contributed by atoms with van der Waals surface area (Å²) in [4.78, 5) is 22.4. The third-order valence-corrected chi connectivity index (χ3v) is 2.57. The number of benzene rings is 1. The van der Waals surface area contributed by atoms with E-state index in [-0.39, 0.29) is 58.0 Å². The first-order valence-corrected chi connectivity index (χ1v) is 7.14. The van der Waals surface area contributed by atoms with Crippen LogP contribution in [0.4, 0.5) is 4.79 Å². The van der Waals surface area contributed by atoms with E-state index in [0.29, 0.717) is 0 Å². The summed E-state index contributed by atoms with van der Waals surface area (Å²) in [5, 5.41) is 4.04. The van der Waals surface area contributed by atoms with Gasteiger partial charge in [0.05, 0.1) is 0 Å². The van der Waals surface area contributed by atoms with Crippen molar-refractivity contribution in [3.63, 3.8) is 0 Å². The molecule has 1 radical (unpaired) electrons. The standard InChI is InChI=1S/C11H14N2O6S.K/c14-10(13-8-20(16,17)18)6-12-11(15)19-7-9-4-2-1-3-5-9;/h1-5H,6-8H2,(H,12,15)(H,13,14)(H,16,17,18);. The Morgan fingerprint density at radius 2 is 1.76 bits per heavy atom. The Kier molecular flexibility index (Phi) is 10.0. The van der Waals surface area contributed by atoms with Crippen LogP contribution in [0.1, 0.15) is 5.56 Å². The largest absolute Gasteiger partial charge is 0.445 e. The molecule has 1 aromatic rings. The molecule has 0 saturated heterocycles. The maximum absolute atomic E-state index is 11.2. The molecular formula is C11H14KN2O6S. The van der Waals surface area contributed by atoms with Crippen molar-refractivity contribution in [1.82, 2.24) is 10.6 Å². The molecule has 0 fully saturated rings. The summed E-state index contributed by atoms with van der Waals surface area (Å²) >= 11 is 0. The second-order valence-electron chi connectivity index (χ2n) is 3.74. The molecule has 1 rings (SSSR count). The molecule has 1 aromatic carbocycles. The summed E-state index contributed by atoms with van der Waals surface area (Å²) in [5.41, 5.74) is 0.790. The zero-order chi connectivity index (χ0) is 15.0. The molecule has 111 valence electrons. The maximum atomic E-state index is 11.2. The average Bonchev–Trinajstić information content (AvgIpc) is 2.41. The normalized spacial score (nSPS) is 10.1. The zero-order valence-corrected chi connectivity index (χ0v) is 15.3. The summed E-state index contributed by atoms with van der Waals surface area (Å²) in [6.45, 7) is -0.400. The molecule has 3 N–H and O–H groups in total. The molecule has 0 heterocycles. The molecule has 0 unspecified atom stereocenters. The van der Waals surface area contributed by atoms with Gasteiger partial charge in [0.15, 0.2) is 0 Å². The van der Waals surface area contributed by atoms with Gasteiger partial charge in [-0.25, -0.2) is 4.79 Å². The van der Waals surface area contributed by atoms with Crippen LogP contribution in [-0.2, 0) is 26.3 Å². The maximum Gasteiger partial charge on any atom is 0.407 e. The van der Waals surface area contributed by atoms with Crippen molar-refractivity contribution in [3.05, 3.63) is 35.9 Å². The van der Waals surface area contributed by atoms with Gasteiger partial charge >= 0.3 is 6.09 Å². The van der Waals surface area contributed by atoms with Crippen LogP contribution >= 0.6 is 0 Å². The van der Waals surface area contributed by atoms with E-state index in [9.17, 15) is 18.0 Å². The third kappa shape index (κ3) is 10.8. The predicted octanol–water partition coefficient (Wildman–Crippen LogP) is -0.506. The van der Waals surface area contributed by atoms with Crippen LogP contribution in [0.3, 0.4) is 0 Å². The van der Waals surface area contributed by atoms with E-state index in [0.717, 1.165) is 5.56 Å². The van der Waals surface area contributed by atoms with Gasteiger partial charge in [-0.15, -0.1) is 0 Å². The molecule has 21 heavy (non-hydrogen) atoms. The molecule has 0 spiro atoms. The first-order chi connectivity index (χ1) is 9.37. The Hall–Kier alpha value is -0.494. The fourth-order valence-electron chi connectivity index (χ4n) is 1.16. The van der Waals surface area contributed by atoms with Gasteiger partial charge in [0.2, 0.25) is 5.91 Å². The Labute approximate surface area is 164 Å². The summed E-state index contributed by atoms with van der Waals surface area (Å²) in [5.74, 6) is -1.67. The van der Waals surface area contributed by atoms with Crippen LogP contribution in [0.15, 0.2) is 30.3 Å². The Bertz CT molecular complexity index is 563. The first-order valence-electron chi connectivity index (χ1n) is 5.53. The number of amides is 2. The van der Waals surface area contributed by atoms with E-state index < -0.39 is 34.5 Å². The number of ether oxygens (including phenoxy) is 1. The van der Waals surface area contributed by atoms with E-state index in [4.69, 9.17) is 9.29 Å². The number of alkyl carbamates (subject to hydrolysis) is 1. The Morgan fingerprint density at radius 1 is 1.14 bits per heavy atom. The minimum Gasteiger partial charge on any atom is -0.445 e. The molecule has 2 amide bonds. The first kappa shape index (κ1) is 20.5. The second kappa shape index (κ2) is 10.3. The minimum absolute atomic E-state index is 0. The third-order valence-electron chi connectivity index (χ3n) is 2.06. The van der Waals surface area contributed by atoms with Crippen LogP contribution in [0, 0.1) is 0 Å². The van der Waals surface area contributed by atoms with Crippen molar-refractivity contribution >= 4 is 73.5 Å². The van der Waals surface area contributed by atoms with E-state index >= 15 is 0 Å². The van der Waals surface area contributed by atoms with Crippen molar-refractivity contribution in [2.24, 2.45) is 0 Å². The van der Waals surface area contributed by atoms with Crippen molar-refractivity contribution in [2.75, 3.05) is 12.4 Å². The molecule has 8 nitrogen and oxygen atoms in total. The van der Waals surface area contributed by atoms with Crippen molar-refractivity contribution in [1.29, 1.82) is 0 Å². The van der Waals surface area contributed by atoms with Crippen molar-refractivity contribution in [2.45, 2.75) is 6.61 Å². The smallest absolute Gasteiger partial charge is 0.407 e. The SMILES string of the molecule is O=C(CNC(=O)OCc1ccccc1)NCS(=O)(=O)O.[K]. The molecule has 10 heteroatoms. The molecule has 0 aliphatic heterocycles. The topological polar surface area (TPSA) is 122 Å². The number of carbonyl (C=O) groups is 2. The van der Waals surface area contributed by atoms with Crippen LogP contribution in [0.5, 0.6) is 0 Å². The number of rotatable bonds is 6. The molecule has 0 aromatic heterocycles.